The molecule has 216 valence electrons. The van der Waals surface area contributed by atoms with Gasteiger partial charge in [0.05, 0.1) is 18.0 Å². The number of ether oxygens (including phenoxy) is 2. The maximum atomic E-state index is 13.4. The van der Waals surface area contributed by atoms with Gasteiger partial charge in [0, 0.05) is 75.4 Å². The molecule has 9 nitrogen and oxygen atoms in total. The van der Waals surface area contributed by atoms with Crippen LogP contribution in [0.15, 0.2) is 60.9 Å². The van der Waals surface area contributed by atoms with Crippen LogP contribution in [0.2, 0.25) is 0 Å². The van der Waals surface area contributed by atoms with Crippen LogP contribution in [0.25, 0.3) is 22.0 Å². The Morgan fingerprint density at radius 3 is 2.63 bits per heavy atom. The van der Waals surface area contributed by atoms with Crippen LogP contribution in [0.1, 0.15) is 42.9 Å². The van der Waals surface area contributed by atoms with Gasteiger partial charge in [-0.2, -0.15) is 0 Å². The van der Waals surface area contributed by atoms with Crippen molar-refractivity contribution in [2.75, 3.05) is 39.6 Å². The Labute approximate surface area is 241 Å². The molecule has 0 radical (unpaired) electrons. The summed E-state index contributed by atoms with van der Waals surface area (Å²) >= 11 is 0. The Morgan fingerprint density at radius 1 is 1.10 bits per heavy atom. The number of hydrogen-bond acceptors (Lipinski definition) is 7. The number of carbonyl (C=O) groups excluding carboxylic acids is 1. The van der Waals surface area contributed by atoms with Crippen LogP contribution in [0.3, 0.4) is 0 Å². The summed E-state index contributed by atoms with van der Waals surface area (Å²) in [6.45, 7) is 2.98. The summed E-state index contributed by atoms with van der Waals surface area (Å²) in [5.74, 6) is 1.48. The average Bonchev–Trinajstić information content (AvgIpc) is 3.37. The lowest BCUT2D eigenvalue weighted by Crippen LogP contribution is -2.42. The second-order valence-electron chi connectivity index (χ2n) is 10.8. The van der Waals surface area contributed by atoms with Gasteiger partial charge in [-0.3, -0.25) is 4.79 Å². The van der Waals surface area contributed by atoms with E-state index in [1.807, 2.05) is 17.0 Å². The van der Waals surface area contributed by atoms with E-state index in [1.54, 1.807) is 32.7 Å². The van der Waals surface area contributed by atoms with Crippen molar-refractivity contribution in [1.29, 1.82) is 0 Å². The van der Waals surface area contributed by atoms with Crippen molar-refractivity contribution in [2.45, 2.75) is 50.6 Å². The van der Waals surface area contributed by atoms with Gasteiger partial charge in [0.2, 0.25) is 11.8 Å². The Hall–Kier alpha value is -3.95. The molecule has 4 aromatic rings. The molecule has 1 aromatic carbocycles. The Balaban J connectivity index is 1.24. The van der Waals surface area contributed by atoms with Crippen LogP contribution >= 0.6 is 0 Å². The molecule has 2 atom stereocenters. The predicted octanol–water partition coefficient (Wildman–Crippen LogP) is 4.39. The molecule has 3 aromatic heterocycles. The highest BCUT2D eigenvalue weighted by Crippen LogP contribution is 2.35. The van der Waals surface area contributed by atoms with Crippen molar-refractivity contribution in [1.82, 2.24) is 19.4 Å². The summed E-state index contributed by atoms with van der Waals surface area (Å²) in [4.78, 5) is 24.0. The van der Waals surface area contributed by atoms with Crippen molar-refractivity contribution in [3.05, 3.63) is 72.2 Å². The van der Waals surface area contributed by atoms with E-state index in [0.717, 1.165) is 59.9 Å². The summed E-state index contributed by atoms with van der Waals surface area (Å²) in [5.41, 5.74) is 17.7. The van der Waals surface area contributed by atoms with Crippen molar-refractivity contribution in [3.63, 3.8) is 0 Å². The number of anilines is 1. The molecule has 0 aliphatic carbocycles. The summed E-state index contributed by atoms with van der Waals surface area (Å²) in [6.07, 6.45) is 7.42. The molecule has 0 unspecified atom stereocenters. The molecule has 1 aliphatic heterocycles. The Morgan fingerprint density at radius 2 is 1.90 bits per heavy atom. The number of aryl methyl sites for hydroxylation is 1. The quantitative estimate of drug-likeness (QED) is 0.263. The fourth-order valence-electron chi connectivity index (χ4n) is 5.88. The fraction of sp³-hybridized carbons (Fsp3) is 0.406. The summed E-state index contributed by atoms with van der Waals surface area (Å²) in [7, 11) is 3.38. The number of nitrogens with two attached hydrogens (primary N) is 2. The van der Waals surface area contributed by atoms with Crippen LogP contribution < -0.4 is 16.2 Å². The van der Waals surface area contributed by atoms with Gasteiger partial charge in [0.25, 0.3) is 0 Å². The molecule has 1 aliphatic rings. The summed E-state index contributed by atoms with van der Waals surface area (Å²) < 4.78 is 13.2. The largest absolute Gasteiger partial charge is 0.481 e. The van der Waals surface area contributed by atoms with E-state index in [2.05, 4.69) is 44.9 Å². The number of carbonyl (C=O) groups is 1. The molecular weight excluding hydrogens is 516 g/mol. The number of amides is 1. The number of likely N-dealkylation sites (tertiary alicyclic amines) is 1. The second-order valence-corrected chi connectivity index (χ2v) is 10.8. The molecule has 9 heteroatoms. The maximum absolute atomic E-state index is 13.4. The van der Waals surface area contributed by atoms with E-state index >= 15 is 0 Å². The number of aromatic nitrogens is 3. The van der Waals surface area contributed by atoms with Gasteiger partial charge < -0.3 is 30.4 Å². The highest BCUT2D eigenvalue weighted by atomic mass is 16.5. The molecule has 4 heterocycles. The van der Waals surface area contributed by atoms with Gasteiger partial charge >= 0.3 is 0 Å². The molecular formula is C32H40N6O3. The number of pyridine rings is 2. The standard InChI is InChI=1S/C32H40N6O3/c1-40-16-4-15-38-28-12-13-35-32(41-2)27(28)19-29(38)25-5-3-14-37(21-25)31(39)18-26(33)17-22-6-8-23(9-7-22)24-10-11-30(34)36-20-24/h6-13,19-20,25-26H,3-5,14-18,21,33H2,1-2H3,(H2,34,36)/t25-,26-/m1/s1. The molecule has 0 spiro atoms. The first-order chi connectivity index (χ1) is 20.0. The molecule has 5 rings (SSSR count). The van der Waals surface area contributed by atoms with E-state index in [0.29, 0.717) is 37.7 Å². The maximum Gasteiger partial charge on any atom is 0.224 e. The minimum Gasteiger partial charge on any atom is -0.481 e. The third kappa shape index (κ3) is 6.69. The minimum absolute atomic E-state index is 0.119. The molecule has 1 amide bonds. The van der Waals surface area contributed by atoms with Crippen LogP contribution in [0, 0.1) is 0 Å². The normalized spacial score (nSPS) is 16.2. The van der Waals surface area contributed by atoms with Gasteiger partial charge in [0.1, 0.15) is 5.82 Å². The Bertz CT molecular complexity index is 1450. The predicted molar refractivity (Wildman–Crippen MR) is 162 cm³/mol. The number of hydrogen-bond donors (Lipinski definition) is 2. The third-order valence-electron chi connectivity index (χ3n) is 7.95. The lowest BCUT2D eigenvalue weighted by atomic mass is 9.93. The molecule has 1 saturated heterocycles. The minimum atomic E-state index is -0.247. The zero-order valence-electron chi connectivity index (χ0n) is 24.0. The second kappa shape index (κ2) is 13.1. The van der Waals surface area contributed by atoms with E-state index in [-0.39, 0.29) is 17.9 Å². The zero-order valence-corrected chi connectivity index (χ0v) is 24.0. The van der Waals surface area contributed by atoms with Crippen LogP contribution in [-0.2, 0) is 22.5 Å². The first kappa shape index (κ1) is 28.6. The summed E-state index contributed by atoms with van der Waals surface area (Å²) in [5, 5.41) is 1.01. The first-order valence-electron chi connectivity index (χ1n) is 14.3. The van der Waals surface area contributed by atoms with Crippen molar-refractivity contribution >= 4 is 22.6 Å². The Kier molecular flexibility index (Phi) is 9.16. The fourth-order valence-corrected chi connectivity index (χ4v) is 5.88. The number of rotatable bonds is 11. The zero-order chi connectivity index (χ0) is 28.8. The summed E-state index contributed by atoms with van der Waals surface area (Å²) in [6, 6.07) is 16.0. The number of benzene rings is 1. The van der Waals surface area contributed by atoms with Crippen molar-refractivity contribution in [3.8, 4) is 17.0 Å². The highest BCUT2D eigenvalue weighted by Gasteiger charge is 2.29. The number of methoxy groups -OCH3 is 2. The van der Waals surface area contributed by atoms with Gasteiger partial charge in [-0.25, -0.2) is 9.97 Å². The van der Waals surface area contributed by atoms with Gasteiger partial charge in [0.15, 0.2) is 0 Å². The van der Waals surface area contributed by atoms with Gasteiger partial charge in [-0.1, -0.05) is 24.3 Å². The van der Waals surface area contributed by atoms with Crippen molar-refractivity contribution in [2.24, 2.45) is 5.73 Å². The molecule has 41 heavy (non-hydrogen) atoms. The SMILES string of the molecule is COCCCn1c([C@@H]2CCCN(C(=O)C[C@H](N)Cc3ccc(-c4ccc(N)nc4)cc3)C2)cc2c(OC)nccc21. The van der Waals surface area contributed by atoms with E-state index in [9.17, 15) is 4.79 Å². The lowest BCUT2D eigenvalue weighted by Gasteiger charge is -2.34. The average molecular weight is 557 g/mol. The van der Waals surface area contributed by atoms with Crippen LogP contribution in [-0.4, -0.2) is 65.3 Å². The molecule has 4 N–H and O–H groups in total. The number of fused-ring (bicyclic) bond motifs is 1. The van der Waals surface area contributed by atoms with Crippen LogP contribution in [0.5, 0.6) is 5.88 Å². The first-order valence-corrected chi connectivity index (χ1v) is 14.3. The van der Waals surface area contributed by atoms with Crippen molar-refractivity contribution < 1.29 is 14.3 Å². The highest BCUT2D eigenvalue weighted by molar-refractivity contribution is 5.86. The third-order valence-corrected chi connectivity index (χ3v) is 7.95. The monoisotopic (exact) mass is 556 g/mol. The number of nitrogens with zero attached hydrogens (tertiary/aromatic N) is 4. The van der Waals surface area contributed by atoms with E-state index < -0.39 is 0 Å². The smallest absolute Gasteiger partial charge is 0.224 e. The van der Waals surface area contributed by atoms with Gasteiger partial charge in [-0.05, 0) is 61.1 Å². The number of piperidine rings is 1. The van der Waals surface area contributed by atoms with Gasteiger partial charge in [-0.15, -0.1) is 0 Å². The lowest BCUT2D eigenvalue weighted by molar-refractivity contribution is -0.132. The molecule has 0 saturated carbocycles. The van der Waals surface area contributed by atoms with E-state index in [4.69, 9.17) is 20.9 Å². The molecule has 1 fully saturated rings. The van der Waals surface area contributed by atoms with E-state index in [1.165, 1.54) is 5.69 Å². The topological polar surface area (TPSA) is 122 Å². The van der Waals surface area contributed by atoms with Crippen LogP contribution in [0.4, 0.5) is 5.82 Å². The molecule has 0 bridgehead atoms. The number of nitrogen functional groups attached to an aromatic ring is 1.